The number of aromatic nitrogens is 1. The number of para-hydroxylation sites is 1. The summed E-state index contributed by atoms with van der Waals surface area (Å²) in [5.74, 6) is 0. The molecule has 0 saturated heterocycles. The molecule has 1 aromatic heterocycles. The van der Waals surface area contributed by atoms with Crippen molar-refractivity contribution in [2.45, 2.75) is 13.0 Å². The Morgan fingerprint density at radius 1 is 1.09 bits per heavy atom. The molecular weight excluding hydrogens is 355 g/mol. The summed E-state index contributed by atoms with van der Waals surface area (Å²) in [4.78, 5) is 15.1. The van der Waals surface area contributed by atoms with E-state index in [0.717, 1.165) is 22.1 Å². The summed E-state index contributed by atoms with van der Waals surface area (Å²) in [6.45, 7) is 0.816. The third-order valence-corrected chi connectivity index (χ3v) is 4.36. The van der Waals surface area contributed by atoms with E-state index in [1.54, 1.807) is 0 Å². The second kappa shape index (κ2) is 7.36. The molecule has 3 aromatic rings. The van der Waals surface area contributed by atoms with Crippen LogP contribution in [0.5, 0.6) is 0 Å². The minimum atomic E-state index is -0.393. The molecule has 23 heavy (non-hydrogen) atoms. The van der Waals surface area contributed by atoms with Crippen molar-refractivity contribution in [3.63, 3.8) is 0 Å². The van der Waals surface area contributed by atoms with Gasteiger partial charge in [-0.25, -0.2) is 0 Å². The van der Waals surface area contributed by atoms with E-state index in [-0.39, 0.29) is 6.61 Å². The number of ether oxygens (including phenoxy) is 1. The molecule has 117 valence electrons. The maximum atomic E-state index is 11.7. The van der Waals surface area contributed by atoms with Gasteiger partial charge in [0.05, 0.1) is 0 Å². The molecule has 1 amide bonds. The van der Waals surface area contributed by atoms with Crippen LogP contribution >= 0.6 is 0 Å². The Kier molecular flexibility index (Phi) is 5.01. The Balaban J connectivity index is 1.50. The molecule has 5 heteroatoms. The third kappa shape index (κ3) is 3.95. The number of nitrogens with one attached hydrogen (secondary N) is 2. The number of fused-ring (bicyclic) bond motifs is 1. The molecule has 3 rings (SSSR count). The van der Waals surface area contributed by atoms with Gasteiger partial charge in [-0.2, -0.15) is 0 Å². The van der Waals surface area contributed by atoms with E-state index in [2.05, 4.69) is 32.4 Å². The van der Waals surface area contributed by atoms with Gasteiger partial charge in [-0.1, -0.05) is 0 Å². The van der Waals surface area contributed by atoms with Gasteiger partial charge in [-0.3, -0.25) is 0 Å². The number of alkyl carbamates (subject to hydrolysis) is 1. The van der Waals surface area contributed by atoms with Gasteiger partial charge in [-0.15, -0.1) is 0 Å². The molecule has 0 saturated carbocycles. The van der Waals surface area contributed by atoms with E-state index in [4.69, 9.17) is 4.74 Å². The first-order valence-corrected chi connectivity index (χ1v) is 8.31. The number of rotatable bonds is 5. The fourth-order valence-electron chi connectivity index (χ4n) is 2.49. The molecular formula is C18H17N2O2Se. The van der Waals surface area contributed by atoms with Crippen molar-refractivity contribution in [1.29, 1.82) is 0 Å². The summed E-state index contributed by atoms with van der Waals surface area (Å²) in [6.07, 6.45) is 0.350. The fraction of sp³-hybridized carbons (Fsp3) is 0.167. The average Bonchev–Trinajstić information content (AvgIpc) is 2.90. The van der Waals surface area contributed by atoms with Crippen LogP contribution < -0.4 is 9.91 Å². The monoisotopic (exact) mass is 373 g/mol. The number of hydrogen-bond donors (Lipinski definition) is 2. The van der Waals surface area contributed by atoms with Crippen molar-refractivity contribution in [1.82, 2.24) is 10.3 Å². The van der Waals surface area contributed by atoms with E-state index in [1.807, 2.05) is 48.5 Å². The second-order valence-electron chi connectivity index (χ2n) is 5.22. The number of carbonyl (C=O) groups is 1. The minimum absolute atomic E-state index is 0.284. The van der Waals surface area contributed by atoms with Gasteiger partial charge in [0, 0.05) is 0 Å². The van der Waals surface area contributed by atoms with E-state index in [0.29, 0.717) is 6.54 Å². The summed E-state index contributed by atoms with van der Waals surface area (Å²) >= 11 is 3.05. The van der Waals surface area contributed by atoms with E-state index in [9.17, 15) is 4.79 Å². The second-order valence-corrected chi connectivity index (χ2v) is 6.07. The van der Waals surface area contributed by atoms with Crippen LogP contribution in [0.25, 0.3) is 10.9 Å². The molecule has 1 heterocycles. The van der Waals surface area contributed by atoms with Gasteiger partial charge in [0.2, 0.25) is 0 Å². The van der Waals surface area contributed by atoms with Gasteiger partial charge >= 0.3 is 143 Å². The molecule has 0 atom stereocenters. The topological polar surface area (TPSA) is 54.1 Å². The first-order valence-electron chi connectivity index (χ1n) is 7.45. The molecule has 2 aromatic carbocycles. The van der Waals surface area contributed by atoms with Gasteiger partial charge in [-0.05, 0) is 0 Å². The normalized spacial score (nSPS) is 10.6. The number of hydrogen-bond acceptors (Lipinski definition) is 2. The standard InChI is InChI=1S/C18H17N2O2Se/c21-18(22-12-13-6-2-1-3-7-13)19-11-10-15-14-8-4-5-9-16(14)20-17(15)23/h1-9,20H,10-12H2,(H,19,21). The first kappa shape index (κ1) is 15.7. The summed E-state index contributed by atoms with van der Waals surface area (Å²) in [7, 11) is 0. The number of aromatic amines is 1. The Labute approximate surface area is 143 Å². The Bertz CT molecular complexity index is 799. The van der Waals surface area contributed by atoms with Crippen molar-refractivity contribution >= 4 is 37.6 Å². The van der Waals surface area contributed by atoms with E-state index >= 15 is 0 Å². The molecule has 0 fully saturated rings. The molecule has 0 aliphatic carbocycles. The van der Waals surface area contributed by atoms with Crippen LogP contribution in [0.15, 0.2) is 54.6 Å². The van der Waals surface area contributed by atoms with E-state index in [1.165, 1.54) is 10.9 Å². The van der Waals surface area contributed by atoms with Crippen LogP contribution in [0, 0.1) is 0 Å². The molecule has 0 aliphatic rings. The molecule has 1 radical (unpaired) electrons. The first-order chi connectivity index (χ1) is 11.2. The van der Waals surface area contributed by atoms with E-state index < -0.39 is 6.09 Å². The van der Waals surface area contributed by atoms with Crippen molar-refractivity contribution in [3.8, 4) is 0 Å². The van der Waals surface area contributed by atoms with Crippen LogP contribution in [0.4, 0.5) is 4.79 Å². The van der Waals surface area contributed by atoms with Crippen molar-refractivity contribution in [3.05, 3.63) is 65.7 Å². The predicted molar refractivity (Wildman–Crippen MR) is 92.0 cm³/mol. The summed E-state index contributed by atoms with van der Waals surface area (Å²) in [5.41, 5.74) is 3.26. The Morgan fingerprint density at radius 2 is 1.83 bits per heavy atom. The zero-order valence-electron chi connectivity index (χ0n) is 12.5. The molecule has 0 unspecified atom stereocenters. The zero-order chi connectivity index (χ0) is 16.1. The Morgan fingerprint density at radius 3 is 2.65 bits per heavy atom. The molecule has 0 bridgehead atoms. The SMILES string of the molecule is O=C(NCCc1c([Se])[nH]c2ccccc12)OCc1ccccc1. The number of amides is 1. The van der Waals surface area contributed by atoms with Gasteiger partial charge in [0.1, 0.15) is 0 Å². The zero-order valence-corrected chi connectivity index (χ0v) is 14.3. The molecule has 4 nitrogen and oxygen atoms in total. The maximum absolute atomic E-state index is 11.7. The predicted octanol–water partition coefficient (Wildman–Crippen LogP) is 2.43. The molecule has 2 N–H and O–H groups in total. The van der Waals surface area contributed by atoms with Gasteiger partial charge in [0.25, 0.3) is 0 Å². The summed E-state index contributed by atoms with van der Waals surface area (Å²) < 4.78 is 6.22. The molecule has 0 aliphatic heterocycles. The number of benzene rings is 2. The van der Waals surface area contributed by atoms with Crippen molar-refractivity contribution < 1.29 is 9.53 Å². The quantitative estimate of drug-likeness (QED) is 0.676. The number of H-pyrrole nitrogens is 1. The summed E-state index contributed by atoms with van der Waals surface area (Å²) in [6, 6.07) is 17.8. The van der Waals surface area contributed by atoms with Crippen LogP contribution in [-0.2, 0) is 17.8 Å². The van der Waals surface area contributed by atoms with Crippen LogP contribution in [0.1, 0.15) is 11.1 Å². The fourth-order valence-corrected chi connectivity index (χ4v) is 3.16. The van der Waals surface area contributed by atoms with Crippen molar-refractivity contribution in [2.75, 3.05) is 6.54 Å². The summed E-state index contributed by atoms with van der Waals surface area (Å²) in [5, 5.41) is 3.98. The van der Waals surface area contributed by atoms with Crippen LogP contribution in [0.3, 0.4) is 0 Å². The van der Waals surface area contributed by atoms with Gasteiger partial charge < -0.3 is 0 Å². The average molecular weight is 372 g/mol. The van der Waals surface area contributed by atoms with Gasteiger partial charge in [0.15, 0.2) is 0 Å². The van der Waals surface area contributed by atoms with Crippen molar-refractivity contribution in [2.24, 2.45) is 0 Å². The van der Waals surface area contributed by atoms with Crippen LogP contribution in [0.2, 0.25) is 0 Å². The van der Waals surface area contributed by atoms with Crippen LogP contribution in [-0.4, -0.2) is 33.6 Å². The molecule has 0 spiro atoms. The third-order valence-electron chi connectivity index (χ3n) is 3.63. The Hall–Kier alpha value is -2.23. The number of carbonyl (C=O) groups excluding carboxylic acids is 1.